The summed E-state index contributed by atoms with van der Waals surface area (Å²) in [5, 5.41) is 9.15. The number of hydrogen-bond donors (Lipinski definition) is 1. The van der Waals surface area contributed by atoms with Gasteiger partial charge < -0.3 is 9.84 Å². The first-order chi connectivity index (χ1) is 9.02. The highest BCUT2D eigenvalue weighted by atomic mass is 35.5. The molecule has 6 heteroatoms. The summed E-state index contributed by atoms with van der Waals surface area (Å²) in [6.45, 7) is 0. The van der Waals surface area contributed by atoms with E-state index in [1.807, 2.05) is 0 Å². The Morgan fingerprint density at radius 1 is 1.37 bits per heavy atom. The standard InChI is InChI=1S/C13H9ClFNO3/c1-19-7-2-3-8(11(15)4-7)10-6-16-12(14)5-9(10)13(17)18/h2-6H,1H3,(H,17,18). The second-order valence-corrected chi connectivity index (χ2v) is 4.09. The lowest BCUT2D eigenvalue weighted by atomic mass is 10.0. The third kappa shape index (κ3) is 2.66. The number of benzene rings is 1. The van der Waals surface area contributed by atoms with Crippen molar-refractivity contribution in [1.82, 2.24) is 4.98 Å². The molecule has 1 aromatic carbocycles. The molecule has 0 unspecified atom stereocenters. The van der Waals surface area contributed by atoms with Crippen LogP contribution in [0.4, 0.5) is 4.39 Å². The van der Waals surface area contributed by atoms with Gasteiger partial charge in [-0.15, -0.1) is 0 Å². The summed E-state index contributed by atoms with van der Waals surface area (Å²) in [7, 11) is 1.42. The largest absolute Gasteiger partial charge is 0.497 e. The van der Waals surface area contributed by atoms with Crippen LogP contribution in [0.1, 0.15) is 10.4 Å². The molecule has 0 aliphatic heterocycles. The molecule has 4 nitrogen and oxygen atoms in total. The quantitative estimate of drug-likeness (QED) is 0.878. The molecule has 0 saturated carbocycles. The molecule has 0 bridgehead atoms. The summed E-state index contributed by atoms with van der Waals surface area (Å²) in [6.07, 6.45) is 1.23. The van der Waals surface area contributed by atoms with Crippen molar-refractivity contribution in [2.75, 3.05) is 7.11 Å². The van der Waals surface area contributed by atoms with Crippen LogP contribution in [0.15, 0.2) is 30.5 Å². The summed E-state index contributed by atoms with van der Waals surface area (Å²) in [5.41, 5.74) is 0.184. The maximum Gasteiger partial charge on any atom is 0.336 e. The van der Waals surface area contributed by atoms with Gasteiger partial charge in [-0.05, 0) is 18.2 Å². The summed E-state index contributed by atoms with van der Waals surface area (Å²) in [6, 6.07) is 5.34. The molecule has 1 aromatic heterocycles. The van der Waals surface area contributed by atoms with E-state index >= 15 is 0 Å². The topological polar surface area (TPSA) is 59.4 Å². The van der Waals surface area contributed by atoms with Gasteiger partial charge in [0.15, 0.2) is 0 Å². The highest BCUT2D eigenvalue weighted by molar-refractivity contribution is 6.29. The fraction of sp³-hybridized carbons (Fsp3) is 0.0769. The minimum absolute atomic E-state index is 0.0371. The van der Waals surface area contributed by atoms with Gasteiger partial charge in [0.25, 0.3) is 0 Å². The molecule has 19 heavy (non-hydrogen) atoms. The van der Waals surface area contributed by atoms with Crippen molar-refractivity contribution in [2.45, 2.75) is 0 Å². The van der Waals surface area contributed by atoms with Gasteiger partial charge in [-0.1, -0.05) is 11.6 Å². The van der Waals surface area contributed by atoms with Crippen LogP contribution in [0, 0.1) is 5.82 Å². The molecule has 1 N–H and O–H groups in total. The number of aromatic carboxylic acids is 1. The van der Waals surface area contributed by atoms with Gasteiger partial charge in [-0.25, -0.2) is 14.2 Å². The van der Waals surface area contributed by atoms with Crippen molar-refractivity contribution < 1.29 is 19.0 Å². The molecule has 2 rings (SSSR count). The minimum atomic E-state index is -1.20. The van der Waals surface area contributed by atoms with Crippen LogP contribution in [-0.4, -0.2) is 23.2 Å². The van der Waals surface area contributed by atoms with Crippen LogP contribution in [0.5, 0.6) is 5.75 Å². The van der Waals surface area contributed by atoms with E-state index in [-0.39, 0.29) is 21.8 Å². The Labute approximate surface area is 113 Å². The summed E-state index contributed by atoms with van der Waals surface area (Å²) < 4.78 is 18.8. The van der Waals surface area contributed by atoms with E-state index in [1.165, 1.54) is 31.5 Å². The van der Waals surface area contributed by atoms with E-state index in [2.05, 4.69) is 4.98 Å². The summed E-state index contributed by atoms with van der Waals surface area (Å²) >= 11 is 5.65. The molecule has 2 aromatic rings. The predicted molar refractivity (Wildman–Crippen MR) is 68.2 cm³/mol. The fourth-order valence-corrected chi connectivity index (χ4v) is 1.82. The number of halogens is 2. The zero-order chi connectivity index (χ0) is 14.0. The Hall–Kier alpha value is -2.14. The molecule has 0 aliphatic rings. The van der Waals surface area contributed by atoms with Crippen LogP contribution in [0.3, 0.4) is 0 Å². The monoisotopic (exact) mass is 281 g/mol. The second-order valence-electron chi connectivity index (χ2n) is 3.70. The predicted octanol–water partition coefficient (Wildman–Crippen LogP) is 3.25. The Morgan fingerprint density at radius 3 is 2.68 bits per heavy atom. The average molecular weight is 282 g/mol. The molecule has 0 radical (unpaired) electrons. The fourth-order valence-electron chi connectivity index (χ4n) is 1.66. The van der Waals surface area contributed by atoms with E-state index in [9.17, 15) is 9.18 Å². The number of methoxy groups -OCH3 is 1. The van der Waals surface area contributed by atoms with Gasteiger partial charge in [0.1, 0.15) is 16.7 Å². The van der Waals surface area contributed by atoms with Crippen LogP contribution in [0.2, 0.25) is 5.15 Å². The van der Waals surface area contributed by atoms with Gasteiger partial charge >= 0.3 is 5.97 Å². The maximum absolute atomic E-state index is 13.9. The lowest BCUT2D eigenvalue weighted by Gasteiger charge is -2.08. The molecule has 0 fully saturated rings. The Kier molecular flexibility index (Phi) is 3.66. The number of carbonyl (C=O) groups is 1. The third-order valence-corrected chi connectivity index (χ3v) is 2.77. The molecule has 0 atom stereocenters. The van der Waals surface area contributed by atoms with Crippen LogP contribution in [-0.2, 0) is 0 Å². The zero-order valence-electron chi connectivity index (χ0n) is 9.85. The molecular formula is C13H9ClFNO3. The normalized spacial score (nSPS) is 10.3. The van der Waals surface area contributed by atoms with Crippen LogP contribution in [0.25, 0.3) is 11.1 Å². The van der Waals surface area contributed by atoms with E-state index in [0.717, 1.165) is 0 Å². The number of ether oxygens (including phenoxy) is 1. The number of pyridine rings is 1. The first kappa shape index (κ1) is 13.3. The van der Waals surface area contributed by atoms with Gasteiger partial charge in [0.05, 0.1) is 12.7 Å². The highest BCUT2D eigenvalue weighted by Gasteiger charge is 2.16. The number of hydrogen-bond acceptors (Lipinski definition) is 3. The van der Waals surface area contributed by atoms with Gasteiger partial charge in [0, 0.05) is 23.4 Å². The number of carboxylic acids is 1. The van der Waals surface area contributed by atoms with E-state index in [0.29, 0.717) is 5.75 Å². The smallest absolute Gasteiger partial charge is 0.336 e. The lowest BCUT2D eigenvalue weighted by molar-refractivity contribution is 0.0697. The third-order valence-electron chi connectivity index (χ3n) is 2.57. The van der Waals surface area contributed by atoms with Crippen molar-refractivity contribution >= 4 is 17.6 Å². The summed E-state index contributed by atoms with van der Waals surface area (Å²) in [5.74, 6) is -1.44. The molecule has 1 heterocycles. The van der Waals surface area contributed by atoms with Crippen molar-refractivity contribution in [3.63, 3.8) is 0 Å². The highest BCUT2D eigenvalue weighted by Crippen LogP contribution is 2.29. The van der Waals surface area contributed by atoms with Crippen molar-refractivity contribution in [1.29, 1.82) is 0 Å². The first-order valence-electron chi connectivity index (χ1n) is 5.25. The van der Waals surface area contributed by atoms with Gasteiger partial charge in [-0.3, -0.25) is 0 Å². The van der Waals surface area contributed by atoms with Crippen LogP contribution < -0.4 is 4.74 Å². The zero-order valence-corrected chi connectivity index (χ0v) is 10.6. The van der Waals surface area contributed by atoms with E-state index in [4.69, 9.17) is 21.4 Å². The minimum Gasteiger partial charge on any atom is -0.497 e. The number of carboxylic acid groups (broad SMARTS) is 1. The molecule has 98 valence electrons. The molecule has 0 aliphatic carbocycles. The Bertz CT molecular complexity index is 646. The van der Waals surface area contributed by atoms with Gasteiger partial charge in [0.2, 0.25) is 0 Å². The van der Waals surface area contributed by atoms with E-state index in [1.54, 1.807) is 6.07 Å². The SMILES string of the molecule is COc1ccc(-c2cnc(Cl)cc2C(=O)O)c(F)c1. The number of rotatable bonds is 3. The molecule has 0 spiro atoms. The van der Waals surface area contributed by atoms with Crippen molar-refractivity contribution in [3.05, 3.63) is 47.0 Å². The molecular weight excluding hydrogens is 273 g/mol. The molecule has 0 saturated heterocycles. The van der Waals surface area contributed by atoms with Crippen molar-refractivity contribution in [2.24, 2.45) is 0 Å². The number of nitrogens with zero attached hydrogens (tertiary/aromatic N) is 1. The average Bonchev–Trinajstić information content (AvgIpc) is 2.39. The molecule has 0 amide bonds. The second kappa shape index (κ2) is 5.24. The first-order valence-corrected chi connectivity index (χ1v) is 5.63. The van der Waals surface area contributed by atoms with Crippen LogP contribution >= 0.6 is 11.6 Å². The van der Waals surface area contributed by atoms with Crippen molar-refractivity contribution in [3.8, 4) is 16.9 Å². The Balaban J connectivity index is 2.62. The summed E-state index contributed by atoms with van der Waals surface area (Å²) in [4.78, 5) is 14.9. The number of aromatic nitrogens is 1. The Morgan fingerprint density at radius 2 is 2.11 bits per heavy atom. The van der Waals surface area contributed by atoms with E-state index < -0.39 is 11.8 Å². The maximum atomic E-state index is 13.9. The van der Waals surface area contributed by atoms with Gasteiger partial charge in [-0.2, -0.15) is 0 Å². The lowest BCUT2D eigenvalue weighted by Crippen LogP contribution is -2.01.